The van der Waals surface area contributed by atoms with Crippen molar-refractivity contribution in [1.82, 2.24) is 19.7 Å². The number of nitrogen functional groups attached to an aromatic ring is 1. The van der Waals surface area contributed by atoms with Gasteiger partial charge in [0.25, 0.3) is 0 Å². The molecular weight excluding hydrogens is 341 g/mol. The Morgan fingerprint density at radius 1 is 1.28 bits per heavy atom. The predicted octanol–water partition coefficient (Wildman–Crippen LogP) is 2.24. The highest BCUT2D eigenvalue weighted by Gasteiger charge is 2.17. The molecule has 5 nitrogen and oxygen atoms in total. The molecule has 96 valence electrons. The fourth-order valence-corrected chi connectivity index (χ4v) is 2.58. The van der Waals surface area contributed by atoms with Crippen LogP contribution in [0.1, 0.15) is 24.0 Å². The van der Waals surface area contributed by atoms with Crippen LogP contribution >= 0.6 is 22.6 Å². The summed E-state index contributed by atoms with van der Waals surface area (Å²) in [6.45, 7) is 6.04. The molecule has 2 N–H and O–H groups in total. The quantitative estimate of drug-likeness (QED) is 0.837. The minimum absolute atomic E-state index is 0.542. The molecule has 0 saturated heterocycles. The molecule has 0 aliphatic heterocycles. The van der Waals surface area contributed by atoms with Crippen LogP contribution in [0.3, 0.4) is 0 Å². The van der Waals surface area contributed by atoms with Crippen molar-refractivity contribution in [1.29, 1.82) is 0 Å². The van der Waals surface area contributed by atoms with Crippen molar-refractivity contribution in [3.63, 3.8) is 0 Å². The molecule has 0 atom stereocenters. The van der Waals surface area contributed by atoms with Crippen LogP contribution < -0.4 is 5.73 Å². The summed E-state index contributed by atoms with van der Waals surface area (Å²) in [6.07, 6.45) is 0.844. The van der Waals surface area contributed by atoms with Crippen molar-refractivity contribution < 1.29 is 0 Å². The molecule has 2 rings (SSSR count). The molecule has 2 heterocycles. The summed E-state index contributed by atoms with van der Waals surface area (Å²) < 4.78 is 2.78. The van der Waals surface area contributed by atoms with E-state index in [-0.39, 0.29) is 0 Å². The fraction of sp³-hybridized carbons (Fsp3) is 0.417. The molecule has 0 fully saturated rings. The zero-order chi connectivity index (χ0) is 13.4. The number of aryl methyl sites for hydroxylation is 3. The fourth-order valence-electron chi connectivity index (χ4n) is 1.96. The molecule has 2 aromatic rings. The average molecular weight is 357 g/mol. The predicted molar refractivity (Wildman–Crippen MR) is 80.2 cm³/mol. The van der Waals surface area contributed by atoms with E-state index < -0.39 is 0 Å². The van der Waals surface area contributed by atoms with Gasteiger partial charge in [0.1, 0.15) is 5.82 Å². The second-order valence-corrected chi connectivity index (χ2v) is 5.29. The Kier molecular flexibility index (Phi) is 3.56. The lowest BCUT2D eigenvalue weighted by Gasteiger charge is -2.07. The van der Waals surface area contributed by atoms with Crippen LogP contribution in [0, 0.1) is 17.4 Å². The first kappa shape index (κ1) is 13.3. The standard InChI is InChI=1S/C12H16IN5/c1-5-8-10(13)11(14)16-12(15-8)9-6(2)17-18(4)7(9)3/h5H2,1-4H3,(H2,14,15,16). The maximum Gasteiger partial charge on any atom is 0.165 e. The van der Waals surface area contributed by atoms with Gasteiger partial charge in [-0.1, -0.05) is 6.92 Å². The van der Waals surface area contributed by atoms with Crippen LogP contribution in [0.5, 0.6) is 0 Å². The van der Waals surface area contributed by atoms with Gasteiger partial charge in [0.15, 0.2) is 5.82 Å². The van der Waals surface area contributed by atoms with Gasteiger partial charge in [0, 0.05) is 12.7 Å². The third-order valence-electron chi connectivity index (χ3n) is 3.01. The Morgan fingerprint density at radius 3 is 2.44 bits per heavy atom. The highest BCUT2D eigenvalue weighted by molar-refractivity contribution is 14.1. The Labute approximate surface area is 120 Å². The van der Waals surface area contributed by atoms with Gasteiger partial charge in [-0.25, -0.2) is 9.97 Å². The Balaban J connectivity index is 2.68. The molecule has 0 aliphatic carbocycles. The SMILES string of the molecule is CCc1nc(-c2c(C)nn(C)c2C)nc(N)c1I. The smallest absolute Gasteiger partial charge is 0.165 e. The topological polar surface area (TPSA) is 69.6 Å². The molecule has 0 aromatic carbocycles. The van der Waals surface area contributed by atoms with Crippen molar-refractivity contribution in [3.05, 3.63) is 20.7 Å². The second kappa shape index (κ2) is 4.83. The van der Waals surface area contributed by atoms with E-state index in [1.807, 2.05) is 25.6 Å². The molecule has 0 bridgehead atoms. The summed E-state index contributed by atoms with van der Waals surface area (Å²) in [6, 6.07) is 0. The van der Waals surface area contributed by atoms with Gasteiger partial charge in [-0.2, -0.15) is 5.10 Å². The number of nitrogens with two attached hydrogens (primary N) is 1. The van der Waals surface area contributed by atoms with Crippen molar-refractivity contribution in [2.75, 3.05) is 5.73 Å². The lowest BCUT2D eigenvalue weighted by molar-refractivity contribution is 0.731. The summed E-state index contributed by atoms with van der Waals surface area (Å²) in [7, 11) is 1.92. The number of hydrogen-bond donors (Lipinski definition) is 1. The van der Waals surface area contributed by atoms with Crippen LogP contribution in [-0.2, 0) is 13.5 Å². The number of halogens is 1. The molecular formula is C12H16IN5. The molecule has 0 spiro atoms. The third-order valence-corrected chi connectivity index (χ3v) is 4.19. The van der Waals surface area contributed by atoms with E-state index in [0.717, 1.165) is 32.6 Å². The summed E-state index contributed by atoms with van der Waals surface area (Å²) in [5, 5.41) is 4.39. The Bertz CT molecular complexity index is 603. The number of anilines is 1. The van der Waals surface area contributed by atoms with Crippen molar-refractivity contribution in [2.45, 2.75) is 27.2 Å². The molecule has 6 heteroatoms. The Hall–Kier alpha value is -1.18. The number of rotatable bonds is 2. The van der Waals surface area contributed by atoms with E-state index in [4.69, 9.17) is 5.73 Å². The van der Waals surface area contributed by atoms with E-state index in [9.17, 15) is 0 Å². The largest absolute Gasteiger partial charge is 0.383 e. The number of nitrogens with zero attached hydrogens (tertiary/aromatic N) is 4. The van der Waals surface area contributed by atoms with E-state index in [2.05, 4.69) is 44.6 Å². The van der Waals surface area contributed by atoms with Crippen LogP contribution in [0.4, 0.5) is 5.82 Å². The van der Waals surface area contributed by atoms with E-state index >= 15 is 0 Å². The maximum absolute atomic E-state index is 5.96. The molecule has 18 heavy (non-hydrogen) atoms. The summed E-state index contributed by atoms with van der Waals surface area (Å²) >= 11 is 2.19. The van der Waals surface area contributed by atoms with Crippen LogP contribution in [0.2, 0.25) is 0 Å². The van der Waals surface area contributed by atoms with E-state index in [1.165, 1.54) is 0 Å². The van der Waals surface area contributed by atoms with Gasteiger partial charge >= 0.3 is 0 Å². The van der Waals surface area contributed by atoms with Crippen LogP contribution in [0.15, 0.2) is 0 Å². The average Bonchev–Trinajstić information content (AvgIpc) is 2.57. The van der Waals surface area contributed by atoms with Gasteiger partial charge in [-0.15, -0.1) is 0 Å². The van der Waals surface area contributed by atoms with E-state index in [1.54, 1.807) is 0 Å². The summed E-state index contributed by atoms with van der Waals surface area (Å²) in [4.78, 5) is 9.00. The van der Waals surface area contributed by atoms with Crippen molar-refractivity contribution in [3.8, 4) is 11.4 Å². The van der Waals surface area contributed by atoms with Gasteiger partial charge in [-0.05, 0) is 42.9 Å². The number of aromatic nitrogens is 4. The monoisotopic (exact) mass is 357 g/mol. The van der Waals surface area contributed by atoms with Crippen molar-refractivity contribution in [2.24, 2.45) is 7.05 Å². The molecule has 0 radical (unpaired) electrons. The zero-order valence-electron chi connectivity index (χ0n) is 11.0. The van der Waals surface area contributed by atoms with Crippen LogP contribution in [0.25, 0.3) is 11.4 Å². The minimum Gasteiger partial charge on any atom is -0.383 e. The van der Waals surface area contributed by atoms with Gasteiger partial charge in [0.05, 0.1) is 20.5 Å². The first-order valence-corrected chi connectivity index (χ1v) is 6.86. The normalized spacial score (nSPS) is 10.9. The highest BCUT2D eigenvalue weighted by Crippen LogP contribution is 2.26. The van der Waals surface area contributed by atoms with Gasteiger partial charge in [0.2, 0.25) is 0 Å². The second-order valence-electron chi connectivity index (χ2n) is 4.22. The third kappa shape index (κ3) is 2.09. The highest BCUT2D eigenvalue weighted by atomic mass is 127. The molecule has 0 saturated carbocycles. The van der Waals surface area contributed by atoms with Gasteiger partial charge < -0.3 is 5.73 Å². The molecule has 2 aromatic heterocycles. The molecule has 0 aliphatic rings. The minimum atomic E-state index is 0.542. The molecule has 0 amide bonds. The lowest BCUT2D eigenvalue weighted by atomic mass is 10.1. The zero-order valence-corrected chi connectivity index (χ0v) is 13.1. The number of hydrogen-bond acceptors (Lipinski definition) is 4. The lowest BCUT2D eigenvalue weighted by Crippen LogP contribution is -2.05. The Morgan fingerprint density at radius 2 is 1.94 bits per heavy atom. The van der Waals surface area contributed by atoms with E-state index in [0.29, 0.717) is 11.6 Å². The first-order chi connectivity index (χ1) is 8.45. The van der Waals surface area contributed by atoms with Crippen LogP contribution in [-0.4, -0.2) is 19.7 Å². The maximum atomic E-state index is 5.96. The first-order valence-electron chi connectivity index (χ1n) is 5.78. The summed E-state index contributed by atoms with van der Waals surface area (Å²) in [5.41, 5.74) is 9.90. The molecule has 0 unspecified atom stereocenters. The summed E-state index contributed by atoms with van der Waals surface area (Å²) in [5.74, 6) is 1.22. The van der Waals surface area contributed by atoms with Crippen molar-refractivity contribution >= 4 is 28.4 Å². The van der Waals surface area contributed by atoms with Gasteiger partial charge in [-0.3, -0.25) is 4.68 Å².